The predicted octanol–water partition coefficient (Wildman–Crippen LogP) is 2.72. The molecule has 3 rings (SSSR count). The molecule has 0 amide bonds. The summed E-state index contributed by atoms with van der Waals surface area (Å²) in [6.45, 7) is 0. The minimum Gasteiger partial charge on any atom is -0.491 e. The number of alkyl halides is 3. The third-order valence-corrected chi connectivity index (χ3v) is 5.82. The maximum absolute atomic E-state index is 13.3. The molecule has 0 fully saturated rings. The molecule has 0 spiro atoms. The van der Waals surface area contributed by atoms with Gasteiger partial charge in [-0.05, 0) is 28.1 Å². The maximum atomic E-state index is 13.3. The Morgan fingerprint density at radius 1 is 1.21 bits per heavy atom. The van der Waals surface area contributed by atoms with E-state index in [1.165, 1.54) is 26.5 Å². The Morgan fingerprint density at radius 3 is 2.54 bits per heavy atom. The smallest absolute Gasteiger partial charge is 0.417 e. The molecule has 0 bridgehead atoms. The van der Waals surface area contributed by atoms with E-state index in [0.29, 0.717) is 6.07 Å². The van der Waals surface area contributed by atoms with Crippen molar-refractivity contribution >= 4 is 37.5 Å². The van der Waals surface area contributed by atoms with Gasteiger partial charge < -0.3 is 9.47 Å². The summed E-state index contributed by atoms with van der Waals surface area (Å²) in [7, 11) is -2.07. The molecule has 0 saturated carbocycles. The molecule has 2 heterocycles. The molecule has 0 unspecified atom stereocenters. The Morgan fingerprint density at radius 2 is 1.93 bits per heavy atom. The fraction of sp³-hybridized carbons (Fsp3) is 0.214. The van der Waals surface area contributed by atoms with Crippen molar-refractivity contribution in [1.82, 2.24) is 19.6 Å². The molecule has 9 nitrogen and oxygen atoms in total. The van der Waals surface area contributed by atoms with E-state index in [4.69, 9.17) is 9.47 Å². The summed E-state index contributed by atoms with van der Waals surface area (Å²) >= 11 is 2.85. The number of benzene rings is 1. The van der Waals surface area contributed by atoms with E-state index < -0.39 is 32.6 Å². The number of hydrogen-bond acceptors (Lipinski definition) is 7. The Hall–Kier alpha value is -2.61. The number of halogens is 4. The van der Waals surface area contributed by atoms with Gasteiger partial charge in [0.1, 0.15) is 4.90 Å². The van der Waals surface area contributed by atoms with Crippen LogP contribution in [0.2, 0.25) is 0 Å². The van der Waals surface area contributed by atoms with E-state index in [9.17, 15) is 21.6 Å². The van der Waals surface area contributed by atoms with Gasteiger partial charge in [-0.15, -0.1) is 5.10 Å². The van der Waals surface area contributed by atoms with Crippen LogP contribution in [-0.4, -0.2) is 42.2 Å². The molecule has 150 valence electrons. The number of nitrogens with one attached hydrogen (secondary N) is 1. The molecule has 28 heavy (non-hydrogen) atoms. The van der Waals surface area contributed by atoms with Crippen molar-refractivity contribution in [3.8, 4) is 11.8 Å². The first-order valence-corrected chi connectivity index (χ1v) is 9.58. The molecule has 0 radical (unpaired) electrons. The van der Waals surface area contributed by atoms with Crippen LogP contribution in [0.15, 0.2) is 33.8 Å². The minimum atomic E-state index is -4.89. The summed E-state index contributed by atoms with van der Waals surface area (Å²) in [5, 5.41) is 3.88. The second kappa shape index (κ2) is 7.09. The average molecular weight is 482 g/mol. The molecular formula is C14H11BrF3N5O4S. The van der Waals surface area contributed by atoms with Crippen molar-refractivity contribution < 1.29 is 31.1 Å². The number of fused-ring (bicyclic) bond motifs is 1. The summed E-state index contributed by atoms with van der Waals surface area (Å²) in [5.41, 5.74) is -1.29. The van der Waals surface area contributed by atoms with E-state index in [1.807, 2.05) is 4.72 Å². The SMILES string of the molecule is COc1cnc(OC)n2nc(NS(=O)(=O)c3c(Br)cccc3C(F)(F)F)nc12. The Balaban J connectivity index is 2.12. The van der Waals surface area contributed by atoms with Crippen LogP contribution in [0.3, 0.4) is 0 Å². The van der Waals surface area contributed by atoms with Crippen molar-refractivity contribution in [2.24, 2.45) is 0 Å². The third-order valence-electron chi connectivity index (χ3n) is 3.47. The molecule has 0 saturated heterocycles. The number of sulfonamides is 1. The van der Waals surface area contributed by atoms with E-state index in [2.05, 4.69) is 31.0 Å². The van der Waals surface area contributed by atoms with Gasteiger partial charge in [-0.2, -0.15) is 27.7 Å². The van der Waals surface area contributed by atoms with Crippen LogP contribution in [0.4, 0.5) is 19.1 Å². The van der Waals surface area contributed by atoms with E-state index in [-0.39, 0.29) is 21.9 Å². The number of nitrogens with zero attached hydrogens (tertiary/aromatic N) is 4. The summed E-state index contributed by atoms with van der Waals surface area (Å²) < 4.78 is 77.9. The highest BCUT2D eigenvalue weighted by molar-refractivity contribution is 9.10. The van der Waals surface area contributed by atoms with Gasteiger partial charge in [0.15, 0.2) is 5.75 Å². The zero-order valence-corrected chi connectivity index (χ0v) is 16.6. The van der Waals surface area contributed by atoms with Gasteiger partial charge in [-0.3, -0.25) is 0 Å². The summed E-state index contributed by atoms with van der Waals surface area (Å²) in [4.78, 5) is 6.86. The summed E-state index contributed by atoms with van der Waals surface area (Å²) in [6, 6.07) is 2.88. The Labute approximate surface area is 164 Å². The van der Waals surface area contributed by atoms with Crippen molar-refractivity contribution in [3.05, 3.63) is 34.4 Å². The number of hydrogen-bond donors (Lipinski definition) is 1. The van der Waals surface area contributed by atoms with Crippen LogP contribution in [0.1, 0.15) is 5.56 Å². The van der Waals surface area contributed by atoms with Gasteiger partial charge in [0.2, 0.25) is 5.65 Å². The first-order chi connectivity index (χ1) is 13.1. The Kier molecular flexibility index (Phi) is 5.10. The second-order valence-corrected chi connectivity index (χ2v) is 7.68. The lowest BCUT2D eigenvalue weighted by Crippen LogP contribution is -2.20. The first-order valence-electron chi connectivity index (χ1n) is 7.30. The lowest BCUT2D eigenvalue weighted by Gasteiger charge is -2.14. The number of rotatable bonds is 5. The molecule has 0 aliphatic carbocycles. The number of methoxy groups -OCH3 is 2. The van der Waals surface area contributed by atoms with Crippen LogP contribution in [0, 0.1) is 0 Å². The molecule has 3 aromatic rings. The molecule has 1 aromatic carbocycles. The van der Waals surface area contributed by atoms with Gasteiger partial charge in [0.25, 0.3) is 16.0 Å². The van der Waals surface area contributed by atoms with Gasteiger partial charge in [0, 0.05) is 4.47 Å². The topological polar surface area (TPSA) is 108 Å². The van der Waals surface area contributed by atoms with Crippen LogP contribution >= 0.6 is 15.9 Å². The van der Waals surface area contributed by atoms with Gasteiger partial charge in [-0.25, -0.2) is 13.1 Å². The van der Waals surface area contributed by atoms with Gasteiger partial charge >= 0.3 is 12.2 Å². The second-order valence-electron chi connectivity index (χ2n) is 5.20. The highest BCUT2D eigenvalue weighted by Crippen LogP contribution is 2.38. The summed E-state index contributed by atoms with van der Waals surface area (Å²) in [5.74, 6) is -0.343. The summed E-state index contributed by atoms with van der Waals surface area (Å²) in [6.07, 6.45) is -3.62. The monoisotopic (exact) mass is 481 g/mol. The van der Waals surface area contributed by atoms with Crippen molar-refractivity contribution in [1.29, 1.82) is 0 Å². The number of aromatic nitrogens is 4. The molecule has 2 aromatic heterocycles. The first kappa shape index (κ1) is 20.1. The molecule has 1 N–H and O–H groups in total. The van der Waals surface area contributed by atoms with E-state index >= 15 is 0 Å². The fourth-order valence-corrected chi connectivity index (χ4v) is 4.57. The quantitative estimate of drug-likeness (QED) is 0.596. The highest BCUT2D eigenvalue weighted by Gasteiger charge is 2.38. The largest absolute Gasteiger partial charge is 0.491 e. The van der Waals surface area contributed by atoms with E-state index in [1.54, 1.807) is 0 Å². The molecule has 14 heteroatoms. The predicted molar refractivity (Wildman–Crippen MR) is 93.8 cm³/mol. The standard InChI is InChI=1S/C14H11BrF3N5O4S/c1-26-9-6-19-13(27-2)23-11(9)20-12(21-23)22-28(24,25)10-7(14(16,17)18)4-3-5-8(10)15/h3-6H,1-2H3,(H,21,22). The molecular weight excluding hydrogens is 471 g/mol. The van der Waals surface area contributed by atoms with Gasteiger partial charge in [-0.1, -0.05) is 6.07 Å². The Bertz CT molecular complexity index is 1110. The number of ether oxygens (including phenoxy) is 2. The minimum absolute atomic E-state index is 0.0365. The zero-order chi connectivity index (χ0) is 20.7. The maximum Gasteiger partial charge on any atom is 0.417 e. The van der Waals surface area contributed by atoms with Crippen LogP contribution in [0.25, 0.3) is 5.65 Å². The van der Waals surface area contributed by atoms with Crippen molar-refractivity contribution in [2.45, 2.75) is 11.1 Å². The molecule has 0 aliphatic heterocycles. The molecule has 0 atom stereocenters. The van der Waals surface area contributed by atoms with Crippen molar-refractivity contribution in [2.75, 3.05) is 18.9 Å². The molecule has 0 aliphatic rings. The lowest BCUT2D eigenvalue weighted by atomic mass is 10.2. The highest BCUT2D eigenvalue weighted by atomic mass is 79.9. The fourth-order valence-electron chi connectivity index (χ4n) is 2.33. The average Bonchev–Trinajstić information content (AvgIpc) is 3.02. The zero-order valence-electron chi connectivity index (χ0n) is 14.2. The third kappa shape index (κ3) is 3.56. The van der Waals surface area contributed by atoms with Crippen LogP contribution in [0.5, 0.6) is 11.8 Å². The number of anilines is 1. The van der Waals surface area contributed by atoms with Crippen LogP contribution < -0.4 is 14.2 Å². The normalized spacial score (nSPS) is 12.2. The van der Waals surface area contributed by atoms with Crippen molar-refractivity contribution in [3.63, 3.8) is 0 Å². The van der Waals surface area contributed by atoms with Gasteiger partial charge in [0.05, 0.1) is 26.0 Å². The lowest BCUT2D eigenvalue weighted by molar-refractivity contribution is -0.139. The van der Waals surface area contributed by atoms with E-state index in [0.717, 1.165) is 10.6 Å². The van der Waals surface area contributed by atoms with Crippen LogP contribution in [-0.2, 0) is 16.2 Å².